The quantitative estimate of drug-likeness (QED) is 0.823. The topological polar surface area (TPSA) is 54.4 Å². The van der Waals surface area contributed by atoms with Crippen LogP contribution in [0.15, 0.2) is 46.7 Å². The minimum absolute atomic E-state index is 0.233. The first kappa shape index (κ1) is 10.9. The lowest BCUT2D eigenvalue weighted by Gasteiger charge is -1.98. The number of aliphatic hydroxyl groups excluding tert-OH is 1. The Kier molecular flexibility index (Phi) is 3.43. The Balaban J connectivity index is 2.99. The average molecular weight is 212 g/mol. The minimum atomic E-state index is -3.40. The summed E-state index contributed by atoms with van der Waals surface area (Å²) >= 11 is 0. The van der Waals surface area contributed by atoms with E-state index in [4.69, 9.17) is 5.11 Å². The standard InChI is InChI=1S/C10H12O3S/c1-9(11)7-8-14(12,13)10-5-3-2-4-6-10/h2-9,11H,1H3. The molecule has 0 bridgehead atoms. The zero-order valence-electron chi connectivity index (χ0n) is 7.79. The fraction of sp³-hybridized carbons (Fsp3) is 0.200. The summed E-state index contributed by atoms with van der Waals surface area (Å²) < 4.78 is 23.1. The van der Waals surface area contributed by atoms with Crippen LogP contribution in [0.25, 0.3) is 0 Å². The van der Waals surface area contributed by atoms with E-state index in [0.29, 0.717) is 0 Å². The van der Waals surface area contributed by atoms with Crippen molar-refractivity contribution in [3.63, 3.8) is 0 Å². The minimum Gasteiger partial charge on any atom is -0.389 e. The molecule has 0 saturated carbocycles. The second-order valence-electron chi connectivity index (χ2n) is 2.93. The summed E-state index contributed by atoms with van der Waals surface area (Å²) in [5.74, 6) is 0. The molecular weight excluding hydrogens is 200 g/mol. The van der Waals surface area contributed by atoms with Crippen LogP contribution < -0.4 is 0 Å². The molecule has 1 aromatic rings. The molecular formula is C10H12O3S. The molecule has 0 aliphatic carbocycles. The number of rotatable bonds is 3. The van der Waals surface area contributed by atoms with Crippen molar-refractivity contribution < 1.29 is 13.5 Å². The van der Waals surface area contributed by atoms with E-state index in [2.05, 4.69) is 0 Å². The van der Waals surface area contributed by atoms with Crippen molar-refractivity contribution in [3.05, 3.63) is 41.8 Å². The number of hydrogen-bond donors (Lipinski definition) is 1. The Morgan fingerprint density at radius 2 is 1.86 bits per heavy atom. The van der Waals surface area contributed by atoms with Crippen LogP contribution in [0.3, 0.4) is 0 Å². The van der Waals surface area contributed by atoms with E-state index in [1.165, 1.54) is 25.1 Å². The molecule has 1 atom stereocenters. The van der Waals surface area contributed by atoms with Gasteiger partial charge >= 0.3 is 0 Å². The summed E-state index contributed by atoms with van der Waals surface area (Å²) in [7, 11) is -3.40. The van der Waals surface area contributed by atoms with Crippen molar-refractivity contribution in [1.29, 1.82) is 0 Å². The highest BCUT2D eigenvalue weighted by molar-refractivity contribution is 7.94. The van der Waals surface area contributed by atoms with Gasteiger partial charge in [0.1, 0.15) is 0 Å². The van der Waals surface area contributed by atoms with Crippen molar-refractivity contribution in [1.82, 2.24) is 0 Å². The van der Waals surface area contributed by atoms with Gasteiger partial charge in [-0.25, -0.2) is 8.42 Å². The maximum Gasteiger partial charge on any atom is 0.199 e. The second-order valence-corrected chi connectivity index (χ2v) is 4.76. The van der Waals surface area contributed by atoms with Gasteiger partial charge in [-0.05, 0) is 25.1 Å². The lowest BCUT2D eigenvalue weighted by Crippen LogP contribution is -1.99. The van der Waals surface area contributed by atoms with E-state index in [9.17, 15) is 8.42 Å². The zero-order chi connectivity index (χ0) is 10.6. The van der Waals surface area contributed by atoms with Gasteiger partial charge in [0.25, 0.3) is 0 Å². The van der Waals surface area contributed by atoms with Gasteiger partial charge in [0, 0.05) is 5.41 Å². The maximum absolute atomic E-state index is 11.5. The fourth-order valence-electron chi connectivity index (χ4n) is 0.906. The first-order valence-electron chi connectivity index (χ1n) is 4.19. The third-order valence-corrected chi connectivity index (χ3v) is 3.05. The van der Waals surface area contributed by atoms with Gasteiger partial charge in [-0.3, -0.25) is 0 Å². The number of benzene rings is 1. The fourth-order valence-corrected chi connectivity index (χ4v) is 2.03. The molecule has 0 aliphatic rings. The molecule has 1 aromatic carbocycles. The summed E-state index contributed by atoms with van der Waals surface area (Å²) in [4.78, 5) is 0.233. The van der Waals surface area contributed by atoms with Gasteiger partial charge in [0.15, 0.2) is 9.84 Å². The highest BCUT2D eigenvalue weighted by Crippen LogP contribution is 2.11. The van der Waals surface area contributed by atoms with Crippen molar-refractivity contribution >= 4 is 9.84 Å². The Labute approximate surface area is 83.6 Å². The third kappa shape index (κ3) is 2.97. The number of hydrogen-bond acceptors (Lipinski definition) is 3. The van der Waals surface area contributed by atoms with Crippen LogP contribution in [-0.2, 0) is 9.84 Å². The molecule has 0 saturated heterocycles. The lowest BCUT2D eigenvalue weighted by molar-refractivity contribution is 0.244. The second kappa shape index (κ2) is 4.39. The van der Waals surface area contributed by atoms with Crippen LogP contribution in [0.2, 0.25) is 0 Å². The van der Waals surface area contributed by atoms with Crippen molar-refractivity contribution in [2.75, 3.05) is 0 Å². The summed E-state index contributed by atoms with van der Waals surface area (Å²) in [5, 5.41) is 9.93. The van der Waals surface area contributed by atoms with Crippen LogP contribution in [0.5, 0.6) is 0 Å². The zero-order valence-corrected chi connectivity index (χ0v) is 8.61. The molecule has 0 amide bonds. The number of aliphatic hydroxyl groups is 1. The van der Waals surface area contributed by atoms with Crippen LogP contribution >= 0.6 is 0 Å². The van der Waals surface area contributed by atoms with E-state index in [1.54, 1.807) is 18.2 Å². The Hall–Kier alpha value is -1.13. The van der Waals surface area contributed by atoms with Crippen LogP contribution in [0.1, 0.15) is 6.92 Å². The van der Waals surface area contributed by atoms with Crippen molar-refractivity contribution in [2.24, 2.45) is 0 Å². The van der Waals surface area contributed by atoms with E-state index in [0.717, 1.165) is 5.41 Å². The first-order chi connectivity index (χ1) is 6.52. The molecule has 0 aliphatic heterocycles. The lowest BCUT2D eigenvalue weighted by atomic mass is 10.4. The van der Waals surface area contributed by atoms with Gasteiger partial charge in [0.05, 0.1) is 11.0 Å². The molecule has 1 rings (SSSR count). The van der Waals surface area contributed by atoms with Crippen molar-refractivity contribution in [2.45, 2.75) is 17.9 Å². The molecule has 0 aromatic heterocycles. The maximum atomic E-state index is 11.5. The average Bonchev–Trinajstić information content (AvgIpc) is 2.16. The normalized spacial score (nSPS) is 14.4. The Bertz CT molecular complexity index is 404. The van der Waals surface area contributed by atoms with E-state index < -0.39 is 15.9 Å². The first-order valence-corrected chi connectivity index (χ1v) is 5.73. The summed E-state index contributed by atoms with van der Waals surface area (Å²) in [6.07, 6.45) is 0.482. The molecule has 76 valence electrons. The molecule has 3 nitrogen and oxygen atoms in total. The molecule has 0 heterocycles. The highest BCUT2D eigenvalue weighted by Gasteiger charge is 2.08. The molecule has 1 N–H and O–H groups in total. The van der Waals surface area contributed by atoms with E-state index in [-0.39, 0.29) is 4.90 Å². The number of sulfone groups is 1. The third-order valence-electron chi connectivity index (χ3n) is 1.61. The largest absolute Gasteiger partial charge is 0.389 e. The van der Waals surface area contributed by atoms with Crippen LogP contribution in [0.4, 0.5) is 0 Å². The molecule has 0 spiro atoms. The predicted octanol–water partition coefficient (Wildman–Crippen LogP) is 1.35. The molecule has 0 fully saturated rings. The van der Waals surface area contributed by atoms with Gasteiger partial charge in [-0.15, -0.1) is 0 Å². The molecule has 0 radical (unpaired) electrons. The SMILES string of the molecule is CC(O)C=CS(=O)(=O)c1ccccc1. The van der Waals surface area contributed by atoms with E-state index in [1.807, 2.05) is 0 Å². The smallest absolute Gasteiger partial charge is 0.199 e. The van der Waals surface area contributed by atoms with Gasteiger partial charge in [-0.1, -0.05) is 18.2 Å². The Morgan fingerprint density at radius 1 is 1.29 bits per heavy atom. The summed E-state index contributed by atoms with van der Waals surface area (Å²) in [5.41, 5.74) is 0. The van der Waals surface area contributed by atoms with Gasteiger partial charge in [-0.2, -0.15) is 0 Å². The van der Waals surface area contributed by atoms with E-state index >= 15 is 0 Å². The predicted molar refractivity (Wildman–Crippen MR) is 54.4 cm³/mol. The summed E-state index contributed by atoms with van der Waals surface area (Å²) in [6, 6.07) is 8.09. The molecule has 4 heteroatoms. The molecule has 14 heavy (non-hydrogen) atoms. The Morgan fingerprint density at radius 3 is 2.36 bits per heavy atom. The van der Waals surface area contributed by atoms with Gasteiger partial charge < -0.3 is 5.11 Å². The van der Waals surface area contributed by atoms with Crippen molar-refractivity contribution in [3.8, 4) is 0 Å². The van der Waals surface area contributed by atoms with Crippen LogP contribution in [0, 0.1) is 0 Å². The highest BCUT2D eigenvalue weighted by atomic mass is 32.2. The van der Waals surface area contributed by atoms with Gasteiger partial charge in [0.2, 0.25) is 0 Å². The summed E-state index contributed by atoms with van der Waals surface area (Å²) in [6.45, 7) is 1.50. The monoisotopic (exact) mass is 212 g/mol. The molecule has 1 unspecified atom stereocenters. The van der Waals surface area contributed by atoms with Crippen LogP contribution in [-0.4, -0.2) is 19.6 Å².